The maximum atomic E-state index is 11.3. The topological polar surface area (TPSA) is 72.6 Å². The Hall–Kier alpha value is -2.04. The largest absolute Gasteiger partial charge is 0.492 e. The van der Waals surface area contributed by atoms with E-state index < -0.39 is 0 Å². The van der Waals surface area contributed by atoms with E-state index in [1.165, 1.54) is 4.90 Å². The van der Waals surface area contributed by atoms with Crippen LogP contribution in [0.3, 0.4) is 0 Å². The highest BCUT2D eigenvalue weighted by Crippen LogP contribution is 2.15. The van der Waals surface area contributed by atoms with Crippen LogP contribution < -0.4 is 10.5 Å². The van der Waals surface area contributed by atoms with Crippen LogP contribution >= 0.6 is 0 Å². The van der Waals surface area contributed by atoms with Crippen LogP contribution in [0.4, 0.5) is 5.69 Å². The lowest BCUT2D eigenvalue weighted by atomic mass is 10.3. The molecular weight excluding hydrogens is 220 g/mol. The molecule has 1 heterocycles. The highest BCUT2D eigenvalue weighted by molar-refractivity contribution is 6.01. The maximum Gasteiger partial charge on any atom is 0.229 e. The van der Waals surface area contributed by atoms with Crippen molar-refractivity contribution in [3.8, 4) is 5.75 Å². The first-order valence-electron chi connectivity index (χ1n) is 5.48. The Kier molecular flexibility index (Phi) is 3.27. The molecule has 17 heavy (non-hydrogen) atoms. The molecule has 0 aliphatic carbocycles. The van der Waals surface area contributed by atoms with Gasteiger partial charge in [0.25, 0.3) is 0 Å². The number of carbonyl (C=O) groups is 2. The fourth-order valence-corrected chi connectivity index (χ4v) is 1.73. The number of anilines is 1. The van der Waals surface area contributed by atoms with Crippen LogP contribution in [-0.4, -0.2) is 29.9 Å². The predicted octanol–water partition coefficient (Wildman–Crippen LogP) is 0.797. The number of amides is 2. The lowest BCUT2D eigenvalue weighted by molar-refractivity contribution is -0.138. The molecule has 90 valence electrons. The molecule has 1 aromatic rings. The summed E-state index contributed by atoms with van der Waals surface area (Å²) in [5, 5.41) is 0. The van der Waals surface area contributed by atoms with E-state index in [9.17, 15) is 9.59 Å². The Morgan fingerprint density at radius 3 is 2.59 bits per heavy atom. The summed E-state index contributed by atoms with van der Waals surface area (Å²) in [5.74, 6) is 0.404. The van der Waals surface area contributed by atoms with Crippen LogP contribution in [0.1, 0.15) is 12.8 Å². The van der Waals surface area contributed by atoms with E-state index in [0.29, 0.717) is 37.4 Å². The van der Waals surface area contributed by atoms with Crippen molar-refractivity contribution < 1.29 is 14.3 Å². The van der Waals surface area contributed by atoms with Crippen molar-refractivity contribution in [3.05, 3.63) is 24.3 Å². The molecule has 1 aromatic carbocycles. The number of benzene rings is 1. The predicted molar refractivity (Wildman–Crippen MR) is 62.3 cm³/mol. The molecule has 2 amide bonds. The van der Waals surface area contributed by atoms with Crippen LogP contribution in [0.15, 0.2) is 24.3 Å². The summed E-state index contributed by atoms with van der Waals surface area (Å²) in [6.45, 7) is 0.591. The van der Waals surface area contributed by atoms with Gasteiger partial charge in [-0.3, -0.25) is 14.5 Å². The van der Waals surface area contributed by atoms with Gasteiger partial charge in [-0.05, 0) is 12.1 Å². The number of hydrogen-bond donors (Lipinski definition) is 1. The van der Waals surface area contributed by atoms with Crippen LogP contribution in [0.25, 0.3) is 0 Å². The van der Waals surface area contributed by atoms with Gasteiger partial charge in [-0.1, -0.05) is 6.07 Å². The number of nitrogens with two attached hydrogens (primary N) is 1. The van der Waals surface area contributed by atoms with E-state index in [1.54, 1.807) is 24.3 Å². The van der Waals surface area contributed by atoms with Gasteiger partial charge in [0.2, 0.25) is 11.8 Å². The molecule has 0 radical (unpaired) electrons. The van der Waals surface area contributed by atoms with E-state index in [0.717, 1.165) is 0 Å². The average molecular weight is 234 g/mol. The zero-order chi connectivity index (χ0) is 12.3. The first kappa shape index (κ1) is 11.4. The molecule has 1 aliphatic heterocycles. The number of likely N-dealkylation sites (tertiary alicyclic amines) is 1. The number of rotatable bonds is 4. The van der Waals surface area contributed by atoms with Gasteiger partial charge in [0, 0.05) is 24.6 Å². The van der Waals surface area contributed by atoms with Crippen LogP contribution in [-0.2, 0) is 9.59 Å². The van der Waals surface area contributed by atoms with Gasteiger partial charge in [-0.15, -0.1) is 0 Å². The number of nitrogen functional groups attached to an aromatic ring is 1. The quantitative estimate of drug-likeness (QED) is 0.617. The third kappa shape index (κ3) is 2.75. The van der Waals surface area contributed by atoms with Crippen molar-refractivity contribution in [1.29, 1.82) is 0 Å². The molecule has 0 aromatic heterocycles. The molecule has 2 N–H and O–H groups in total. The van der Waals surface area contributed by atoms with E-state index in [-0.39, 0.29) is 11.8 Å². The highest BCUT2D eigenvalue weighted by atomic mass is 16.5. The molecule has 5 nitrogen and oxygen atoms in total. The molecule has 0 unspecified atom stereocenters. The van der Waals surface area contributed by atoms with Gasteiger partial charge in [0.1, 0.15) is 12.4 Å². The lowest BCUT2D eigenvalue weighted by Gasteiger charge is -2.14. The first-order valence-corrected chi connectivity index (χ1v) is 5.48. The molecule has 5 heteroatoms. The molecule has 0 atom stereocenters. The summed E-state index contributed by atoms with van der Waals surface area (Å²) in [7, 11) is 0. The fourth-order valence-electron chi connectivity index (χ4n) is 1.73. The molecule has 2 rings (SSSR count). The summed E-state index contributed by atoms with van der Waals surface area (Å²) in [6, 6.07) is 7.04. The summed E-state index contributed by atoms with van der Waals surface area (Å²) in [4.78, 5) is 23.9. The molecule has 0 saturated carbocycles. The normalized spacial score (nSPS) is 15.4. The molecule has 1 fully saturated rings. The van der Waals surface area contributed by atoms with Crippen molar-refractivity contribution in [2.24, 2.45) is 0 Å². The number of imide groups is 1. The van der Waals surface area contributed by atoms with E-state index in [4.69, 9.17) is 10.5 Å². The number of nitrogens with zero attached hydrogens (tertiary/aromatic N) is 1. The summed E-state index contributed by atoms with van der Waals surface area (Å²) < 4.78 is 5.42. The van der Waals surface area contributed by atoms with E-state index in [2.05, 4.69) is 0 Å². The molecule has 1 saturated heterocycles. The minimum absolute atomic E-state index is 0.119. The number of carbonyl (C=O) groups excluding carboxylic acids is 2. The first-order chi connectivity index (χ1) is 8.16. The molecule has 0 spiro atoms. The third-order valence-electron chi connectivity index (χ3n) is 2.60. The number of hydrogen-bond acceptors (Lipinski definition) is 4. The standard InChI is InChI=1S/C12H14N2O3/c13-9-2-1-3-10(8-9)17-7-6-14-11(15)4-5-12(14)16/h1-3,8H,4-7,13H2. The van der Waals surface area contributed by atoms with Gasteiger partial charge in [-0.25, -0.2) is 0 Å². The van der Waals surface area contributed by atoms with E-state index in [1.807, 2.05) is 0 Å². The second-order valence-corrected chi connectivity index (χ2v) is 3.86. The Morgan fingerprint density at radius 1 is 1.24 bits per heavy atom. The van der Waals surface area contributed by atoms with Gasteiger partial charge in [0.05, 0.1) is 6.54 Å². The smallest absolute Gasteiger partial charge is 0.229 e. The zero-order valence-corrected chi connectivity index (χ0v) is 9.39. The second kappa shape index (κ2) is 4.86. The Balaban J connectivity index is 1.83. The van der Waals surface area contributed by atoms with Gasteiger partial charge in [-0.2, -0.15) is 0 Å². The number of ether oxygens (including phenoxy) is 1. The highest BCUT2D eigenvalue weighted by Gasteiger charge is 2.28. The zero-order valence-electron chi connectivity index (χ0n) is 9.39. The fraction of sp³-hybridized carbons (Fsp3) is 0.333. The minimum atomic E-state index is -0.119. The monoisotopic (exact) mass is 234 g/mol. The van der Waals surface area contributed by atoms with Gasteiger partial charge in [0.15, 0.2) is 0 Å². The van der Waals surface area contributed by atoms with Crippen LogP contribution in [0.2, 0.25) is 0 Å². The molecular formula is C12H14N2O3. The average Bonchev–Trinajstić information content (AvgIpc) is 2.61. The summed E-state index contributed by atoms with van der Waals surface area (Å²) in [6.07, 6.45) is 0.633. The van der Waals surface area contributed by atoms with Crippen LogP contribution in [0.5, 0.6) is 5.75 Å². The Morgan fingerprint density at radius 2 is 1.94 bits per heavy atom. The summed E-state index contributed by atoms with van der Waals surface area (Å²) in [5.41, 5.74) is 6.22. The summed E-state index contributed by atoms with van der Waals surface area (Å²) >= 11 is 0. The second-order valence-electron chi connectivity index (χ2n) is 3.86. The van der Waals surface area contributed by atoms with Crippen molar-refractivity contribution >= 4 is 17.5 Å². The van der Waals surface area contributed by atoms with Crippen molar-refractivity contribution in [2.45, 2.75) is 12.8 Å². The molecule has 0 bridgehead atoms. The van der Waals surface area contributed by atoms with Crippen LogP contribution in [0, 0.1) is 0 Å². The Bertz CT molecular complexity index is 429. The van der Waals surface area contributed by atoms with E-state index >= 15 is 0 Å². The molecule has 1 aliphatic rings. The van der Waals surface area contributed by atoms with Gasteiger partial charge < -0.3 is 10.5 Å². The minimum Gasteiger partial charge on any atom is -0.492 e. The maximum absolute atomic E-state index is 11.3. The van der Waals surface area contributed by atoms with Crippen molar-refractivity contribution in [1.82, 2.24) is 4.90 Å². The Labute approximate surface area is 99.2 Å². The lowest BCUT2D eigenvalue weighted by Crippen LogP contribution is -2.33. The van der Waals surface area contributed by atoms with Crippen molar-refractivity contribution in [2.75, 3.05) is 18.9 Å². The SMILES string of the molecule is Nc1cccc(OCCN2C(=O)CCC2=O)c1. The van der Waals surface area contributed by atoms with Gasteiger partial charge >= 0.3 is 0 Å². The van der Waals surface area contributed by atoms with Crippen molar-refractivity contribution in [3.63, 3.8) is 0 Å². The third-order valence-corrected chi connectivity index (χ3v) is 2.60.